The minimum atomic E-state index is -0.00588. The second-order valence-electron chi connectivity index (χ2n) is 8.02. The SMILES string of the molecule is CC1(C)C2=C(CP(c3ccccc3)C2)C(C)(C)C1(C)C. The molecule has 1 heteroatoms. The van der Waals surface area contributed by atoms with Crippen LogP contribution in [0.4, 0.5) is 0 Å². The Hall–Kier alpha value is -0.610. The first-order valence-corrected chi connectivity index (χ1v) is 9.44. The lowest BCUT2D eigenvalue weighted by molar-refractivity contribution is 0.0616. The summed E-state index contributed by atoms with van der Waals surface area (Å²) in [6, 6.07) is 11.2. The molecule has 1 aromatic carbocycles. The first kappa shape index (κ1) is 14.3. The Morgan fingerprint density at radius 3 is 1.65 bits per heavy atom. The fourth-order valence-electron chi connectivity index (χ4n) is 4.14. The molecule has 0 amide bonds. The first-order chi connectivity index (χ1) is 9.19. The fraction of sp³-hybridized carbons (Fsp3) is 0.579. The normalized spacial score (nSPS) is 26.9. The molecule has 0 N–H and O–H groups in total. The third-order valence-electron chi connectivity index (χ3n) is 6.82. The van der Waals surface area contributed by atoms with Gasteiger partial charge in [-0.2, -0.15) is 0 Å². The second-order valence-corrected chi connectivity index (χ2v) is 10.3. The van der Waals surface area contributed by atoms with Gasteiger partial charge in [0.1, 0.15) is 0 Å². The molecular formula is C19H27P. The Balaban J connectivity index is 1.98. The Labute approximate surface area is 125 Å². The van der Waals surface area contributed by atoms with E-state index >= 15 is 0 Å². The summed E-state index contributed by atoms with van der Waals surface area (Å²) in [6.45, 7) is 14.8. The molecule has 0 nitrogen and oxygen atoms in total. The minimum absolute atomic E-state index is 0.00588. The summed E-state index contributed by atoms with van der Waals surface area (Å²) in [5.41, 5.74) is 4.57. The Bertz CT molecular complexity index is 531. The van der Waals surface area contributed by atoms with E-state index in [0.29, 0.717) is 16.2 Å². The Morgan fingerprint density at radius 2 is 1.20 bits per heavy atom. The molecule has 0 aromatic heterocycles. The molecule has 1 heterocycles. The monoisotopic (exact) mass is 286 g/mol. The largest absolute Gasteiger partial charge is 0.0670 e. The molecular weight excluding hydrogens is 259 g/mol. The molecule has 1 aromatic rings. The highest BCUT2D eigenvalue weighted by atomic mass is 31.1. The van der Waals surface area contributed by atoms with Crippen LogP contribution in [0.15, 0.2) is 41.5 Å². The molecule has 0 atom stereocenters. The average molecular weight is 286 g/mol. The highest BCUT2D eigenvalue weighted by molar-refractivity contribution is 7.66. The summed E-state index contributed by atoms with van der Waals surface area (Å²) in [6.07, 6.45) is 2.66. The molecule has 1 aliphatic carbocycles. The maximum atomic E-state index is 2.47. The van der Waals surface area contributed by atoms with Crippen LogP contribution in [0.25, 0.3) is 0 Å². The smallest absolute Gasteiger partial charge is 0.00626 e. The first-order valence-electron chi connectivity index (χ1n) is 7.72. The molecule has 0 spiro atoms. The van der Waals surface area contributed by atoms with Crippen LogP contribution >= 0.6 is 7.92 Å². The van der Waals surface area contributed by atoms with Crippen molar-refractivity contribution in [3.8, 4) is 0 Å². The molecule has 0 unspecified atom stereocenters. The van der Waals surface area contributed by atoms with Gasteiger partial charge in [0.15, 0.2) is 0 Å². The summed E-state index contributed by atoms with van der Waals surface area (Å²) in [7, 11) is -0.00588. The van der Waals surface area contributed by atoms with Crippen LogP contribution in [0.1, 0.15) is 41.5 Å². The third-order valence-corrected chi connectivity index (χ3v) is 9.24. The molecule has 2 aliphatic rings. The van der Waals surface area contributed by atoms with Gasteiger partial charge in [-0.15, -0.1) is 0 Å². The highest BCUT2D eigenvalue weighted by Crippen LogP contribution is 2.70. The summed E-state index contributed by atoms with van der Waals surface area (Å²) >= 11 is 0. The second kappa shape index (κ2) is 4.20. The lowest BCUT2D eigenvalue weighted by Crippen LogP contribution is -2.41. The van der Waals surface area contributed by atoms with Gasteiger partial charge >= 0.3 is 0 Å². The van der Waals surface area contributed by atoms with Crippen LogP contribution in [0, 0.1) is 16.2 Å². The minimum Gasteiger partial charge on any atom is -0.0670 e. The van der Waals surface area contributed by atoms with Crippen LogP contribution in [0.2, 0.25) is 0 Å². The summed E-state index contributed by atoms with van der Waals surface area (Å²) < 4.78 is 0. The predicted molar refractivity (Wildman–Crippen MR) is 91.1 cm³/mol. The molecule has 0 saturated heterocycles. The van der Waals surface area contributed by atoms with Crippen LogP contribution in [-0.4, -0.2) is 12.3 Å². The van der Waals surface area contributed by atoms with Crippen molar-refractivity contribution in [2.45, 2.75) is 41.5 Å². The topological polar surface area (TPSA) is 0 Å². The van der Waals surface area contributed by atoms with Crippen LogP contribution in [-0.2, 0) is 0 Å². The van der Waals surface area contributed by atoms with E-state index < -0.39 is 0 Å². The van der Waals surface area contributed by atoms with Gasteiger partial charge in [-0.3, -0.25) is 0 Å². The quantitative estimate of drug-likeness (QED) is 0.492. The standard InChI is InChI=1S/C19H27P/c1-17(2)15-12-20(14-10-8-7-9-11-14)13-16(15)18(3,4)19(17,5)6/h7-11H,12-13H2,1-6H3. The molecule has 108 valence electrons. The number of rotatable bonds is 1. The van der Waals surface area contributed by atoms with Crippen molar-refractivity contribution >= 4 is 13.2 Å². The van der Waals surface area contributed by atoms with Crippen LogP contribution < -0.4 is 5.30 Å². The van der Waals surface area contributed by atoms with E-state index in [0.717, 1.165) is 0 Å². The van der Waals surface area contributed by atoms with E-state index in [9.17, 15) is 0 Å². The van der Waals surface area contributed by atoms with Crippen molar-refractivity contribution in [2.75, 3.05) is 12.3 Å². The van der Waals surface area contributed by atoms with Gasteiger partial charge in [0.2, 0.25) is 0 Å². The zero-order chi connectivity index (χ0) is 14.8. The van der Waals surface area contributed by atoms with Gasteiger partial charge in [-0.1, -0.05) is 90.9 Å². The van der Waals surface area contributed by atoms with Gasteiger partial charge in [0.25, 0.3) is 0 Å². The molecule has 3 rings (SSSR count). The lowest BCUT2D eigenvalue weighted by atomic mass is 9.58. The number of benzene rings is 1. The fourth-order valence-corrected chi connectivity index (χ4v) is 7.14. The molecule has 0 radical (unpaired) electrons. The zero-order valence-electron chi connectivity index (χ0n) is 13.7. The maximum absolute atomic E-state index is 2.47. The van der Waals surface area contributed by atoms with Gasteiger partial charge < -0.3 is 0 Å². The Kier molecular flexibility index (Phi) is 3.01. The van der Waals surface area contributed by atoms with E-state index in [1.807, 2.05) is 0 Å². The number of hydrogen-bond acceptors (Lipinski definition) is 0. The van der Waals surface area contributed by atoms with E-state index in [4.69, 9.17) is 0 Å². The molecule has 0 fully saturated rings. The van der Waals surface area contributed by atoms with Crippen molar-refractivity contribution in [1.29, 1.82) is 0 Å². The number of allylic oxidation sites excluding steroid dienone is 2. The van der Waals surface area contributed by atoms with Crippen LogP contribution in [0.3, 0.4) is 0 Å². The average Bonchev–Trinajstić information content (AvgIpc) is 2.88. The van der Waals surface area contributed by atoms with Crippen LogP contribution in [0.5, 0.6) is 0 Å². The van der Waals surface area contributed by atoms with Crippen molar-refractivity contribution in [2.24, 2.45) is 16.2 Å². The molecule has 1 aliphatic heterocycles. The van der Waals surface area contributed by atoms with Gasteiger partial charge in [-0.25, -0.2) is 0 Å². The van der Waals surface area contributed by atoms with Gasteiger partial charge in [0.05, 0.1) is 0 Å². The van der Waals surface area contributed by atoms with Gasteiger partial charge in [0, 0.05) is 0 Å². The molecule has 0 saturated carbocycles. The lowest BCUT2D eigenvalue weighted by Gasteiger charge is -2.47. The summed E-state index contributed by atoms with van der Waals surface area (Å²) in [4.78, 5) is 0. The van der Waals surface area contributed by atoms with Crippen molar-refractivity contribution in [3.05, 3.63) is 41.5 Å². The maximum Gasteiger partial charge on any atom is -0.00626 e. The van der Waals surface area contributed by atoms with Crippen molar-refractivity contribution in [1.82, 2.24) is 0 Å². The van der Waals surface area contributed by atoms with Gasteiger partial charge in [-0.05, 0) is 33.9 Å². The van der Waals surface area contributed by atoms with E-state index in [1.165, 1.54) is 12.3 Å². The summed E-state index contributed by atoms with van der Waals surface area (Å²) in [5, 5.41) is 1.58. The van der Waals surface area contributed by atoms with Crippen molar-refractivity contribution in [3.63, 3.8) is 0 Å². The molecule has 20 heavy (non-hydrogen) atoms. The zero-order valence-corrected chi connectivity index (χ0v) is 14.6. The van der Waals surface area contributed by atoms with E-state index in [1.54, 1.807) is 16.5 Å². The van der Waals surface area contributed by atoms with Crippen molar-refractivity contribution < 1.29 is 0 Å². The van der Waals surface area contributed by atoms with E-state index in [-0.39, 0.29) is 7.92 Å². The predicted octanol–water partition coefficient (Wildman–Crippen LogP) is 5.20. The number of hydrogen-bond donors (Lipinski definition) is 0. The van der Waals surface area contributed by atoms with E-state index in [2.05, 4.69) is 71.9 Å². The highest BCUT2D eigenvalue weighted by Gasteiger charge is 2.59. The summed E-state index contributed by atoms with van der Waals surface area (Å²) in [5.74, 6) is 0. The Morgan fingerprint density at radius 1 is 0.750 bits per heavy atom. The third kappa shape index (κ3) is 1.64. The molecule has 0 bridgehead atoms.